The molecule has 0 saturated heterocycles. The summed E-state index contributed by atoms with van der Waals surface area (Å²) < 4.78 is 5.13. The third kappa shape index (κ3) is 4.22. The number of rotatable bonds is 4. The third-order valence-corrected chi connectivity index (χ3v) is 2.80. The zero-order chi connectivity index (χ0) is 15.2. The van der Waals surface area contributed by atoms with E-state index in [0.29, 0.717) is 16.5 Å². The van der Waals surface area contributed by atoms with Crippen LogP contribution in [0.4, 0.5) is 0 Å². The second-order valence-corrected chi connectivity index (χ2v) is 4.64. The molecule has 0 fully saturated rings. The van der Waals surface area contributed by atoms with Crippen molar-refractivity contribution in [1.29, 1.82) is 0 Å². The summed E-state index contributed by atoms with van der Waals surface area (Å²) in [4.78, 5) is 11.9. The summed E-state index contributed by atoms with van der Waals surface area (Å²) in [6, 6.07) is 7.79. The molecule has 0 unspecified atom stereocenters. The predicted octanol–water partition coefficient (Wildman–Crippen LogP) is 3.46. The lowest BCUT2D eigenvalue weighted by Gasteiger charge is -2.03. The van der Waals surface area contributed by atoms with Crippen molar-refractivity contribution in [2.24, 2.45) is 5.10 Å². The van der Waals surface area contributed by atoms with E-state index in [0.717, 1.165) is 0 Å². The van der Waals surface area contributed by atoms with Crippen molar-refractivity contribution in [3.63, 3.8) is 0 Å². The van der Waals surface area contributed by atoms with Gasteiger partial charge in [0.25, 0.3) is 5.91 Å². The van der Waals surface area contributed by atoms with Gasteiger partial charge in [-0.25, -0.2) is 5.43 Å². The van der Waals surface area contributed by atoms with Crippen LogP contribution in [0.15, 0.2) is 52.2 Å². The number of hydrogen-bond acceptors (Lipinski definition) is 4. The highest BCUT2D eigenvalue weighted by Crippen LogP contribution is 2.21. The molecule has 5 nitrogen and oxygen atoms in total. The van der Waals surface area contributed by atoms with E-state index in [1.165, 1.54) is 18.2 Å². The van der Waals surface area contributed by atoms with Crippen LogP contribution in [0.5, 0.6) is 5.75 Å². The Hall–Kier alpha value is -2.53. The molecule has 1 aromatic heterocycles. The number of carbonyl (C=O) groups is 1. The SMILES string of the molecule is CC(/C=C/c1ccco1)=N\NC(=O)c1cc(Cl)ccc1O. The quantitative estimate of drug-likeness (QED) is 0.671. The van der Waals surface area contributed by atoms with E-state index in [1.807, 2.05) is 0 Å². The summed E-state index contributed by atoms with van der Waals surface area (Å²) in [5.74, 6) is -0.0139. The zero-order valence-electron chi connectivity index (χ0n) is 11.2. The van der Waals surface area contributed by atoms with Gasteiger partial charge in [0.15, 0.2) is 0 Å². The van der Waals surface area contributed by atoms with Gasteiger partial charge in [0, 0.05) is 5.02 Å². The fraction of sp³-hybridized carbons (Fsp3) is 0.0667. The van der Waals surface area contributed by atoms with Crippen LogP contribution in [0.25, 0.3) is 6.08 Å². The van der Waals surface area contributed by atoms with Crippen LogP contribution in [0, 0.1) is 0 Å². The maximum atomic E-state index is 11.9. The number of carbonyl (C=O) groups excluding carboxylic acids is 1. The number of hydrazone groups is 1. The van der Waals surface area contributed by atoms with E-state index in [4.69, 9.17) is 16.0 Å². The summed E-state index contributed by atoms with van der Waals surface area (Å²) >= 11 is 5.78. The number of benzene rings is 1. The van der Waals surface area contributed by atoms with Crippen LogP contribution in [-0.2, 0) is 0 Å². The maximum Gasteiger partial charge on any atom is 0.275 e. The summed E-state index contributed by atoms with van der Waals surface area (Å²) in [6.45, 7) is 1.72. The Balaban J connectivity index is 2.02. The second kappa shape index (κ2) is 6.76. The second-order valence-electron chi connectivity index (χ2n) is 4.20. The van der Waals surface area contributed by atoms with E-state index in [2.05, 4.69) is 10.5 Å². The molecule has 21 heavy (non-hydrogen) atoms. The lowest BCUT2D eigenvalue weighted by atomic mass is 10.2. The minimum absolute atomic E-state index is 0.0639. The van der Waals surface area contributed by atoms with Crippen LogP contribution >= 0.6 is 11.6 Å². The van der Waals surface area contributed by atoms with Gasteiger partial charge in [-0.15, -0.1) is 0 Å². The number of phenolic OH excluding ortho intramolecular Hbond substituents is 1. The molecule has 6 heteroatoms. The third-order valence-electron chi connectivity index (χ3n) is 2.57. The largest absolute Gasteiger partial charge is 0.507 e. The minimum atomic E-state index is -0.541. The lowest BCUT2D eigenvalue weighted by molar-refractivity contribution is 0.0952. The number of nitrogens with zero attached hydrogens (tertiary/aromatic N) is 1. The normalized spacial score (nSPS) is 11.8. The van der Waals surface area contributed by atoms with Crippen LogP contribution in [0.1, 0.15) is 23.0 Å². The number of nitrogens with one attached hydrogen (secondary N) is 1. The Morgan fingerprint density at radius 2 is 2.24 bits per heavy atom. The molecule has 2 N–H and O–H groups in total. The Morgan fingerprint density at radius 1 is 1.43 bits per heavy atom. The molecule has 0 radical (unpaired) electrons. The van der Waals surface area contributed by atoms with Crippen molar-refractivity contribution in [2.45, 2.75) is 6.92 Å². The topological polar surface area (TPSA) is 74.8 Å². The molecule has 2 aromatic rings. The van der Waals surface area contributed by atoms with E-state index in [9.17, 15) is 9.90 Å². The van der Waals surface area contributed by atoms with Gasteiger partial charge in [-0.05, 0) is 49.4 Å². The number of furan rings is 1. The number of amides is 1. The molecule has 108 valence electrons. The molecule has 0 aliphatic carbocycles. The number of hydrogen-bond donors (Lipinski definition) is 2. The van der Waals surface area contributed by atoms with E-state index in [-0.39, 0.29) is 11.3 Å². The van der Waals surface area contributed by atoms with Gasteiger partial charge >= 0.3 is 0 Å². The van der Waals surface area contributed by atoms with Gasteiger partial charge in [-0.2, -0.15) is 5.10 Å². The molecule has 0 aliphatic heterocycles. The van der Waals surface area contributed by atoms with Crippen molar-refractivity contribution < 1.29 is 14.3 Å². The molecular weight excluding hydrogens is 292 g/mol. The van der Waals surface area contributed by atoms with Crippen molar-refractivity contribution >= 4 is 29.3 Å². The summed E-state index contributed by atoms with van der Waals surface area (Å²) in [5, 5.41) is 13.9. The first-order valence-electron chi connectivity index (χ1n) is 6.11. The van der Waals surface area contributed by atoms with Crippen molar-refractivity contribution in [1.82, 2.24) is 5.43 Å². The molecular formula is C15H13ClN2O3. The molecule has 1 amide bonds. The first kappa shape index (κ1) is 14.9. The first-order valence-corrected chi connectivity index (χ1v) is 6.49. The molecule has 1 heterocycles. The number of aromatic hydroxyl groups is 1. The van der Waals surface area contributed by atoms with E-state index >= 15 is 0 Å². The van der Waals surface area contributed by atoms with Crippen LogP contribution < -0.4 is 5.43 Å². The van der Waals surface area contributed by atoms with Crippen molar-refractivity contribution in [2.75, 3.05) is 0 Å². The summed E-state index contributed by atoms with van der Waals surface area (Å²) in [6.07, 6.45) is 4.98. The summed E-state index contributed by atoms with van der Waals surface area (Å²) in [5.41, 5.74) is 2.98. The maximum absolute atomic E-state index is 11.9. The monoisotopic (exact) mass is 304 g/mol. The number of halogens is 1. The van der Waals surface area contributed by atoms with Gasteiger partial charge in [0.2, 0.25) is 0 Å². The average Bonchev–Trinajstić information content (AvgIpc) is 2.98. The highest BCUT2D eigenvalue weighted by atomic mass is 35.5. The van der Waals surface area contributed by atoms with Gasteiger partial charge in [-0.3, -0.25) is 4.79 Å². The van der Waals surface area contributed by atoms with Crippen LogP contribution in [-0.4, -0.2) is 16.7 Å². The lowest BCUT2D eigenvalue weighted by Crippen LogP contribution is -2.18. The Morgan fingerprint density at radius 3 is 2.95 bits per heavy atom. The van der Waals surface area contributed by atoms with Crippen molar-refractivity contribution in [3.8, 4) is 5.75 Å². The van der Waals surface area contributed by atoms with Gasteiger partial charge < -0.3 is 9.52 Å². The fourth-order valence-electron chi connectivity index (χ4n) is 1.52. The predicted molar refractivity (Wildman–Crippen MR) is 81.4 cm³/mol. The van der Waals surface area contributed by atoms with Crippen molar-refractivity contribution in [3.05, 3.63) is 59.0 Å². The van der Waals surface area contributed by atoms with Crippen LogP contribution in [0.2, 0.25) is 5.02 Å². The Kier molecular flexibility index (Phi) is 4.79. The van der Waals surface area contributed by atoms with Gasteiger partial charge in [-0.1, -0.05) is 11.6 Å². The number of phenols is 1. The average molecular weight is 305 g/mol. The Bertz CT molecular complexity index is 691. The molecule has 0 aliphatic rings. The molecule has 0 atom stereocenters. The smallest absolute Gasteiger partial charge is 0.275 e. The molecule has 0 bridgehead atoms. The zero-order valence-corrected chi connectivity index (χ0v) is 12.0. The Labute approximate surface area is 126 Å². The van der Waals surface area contributed by atoms with Gasteiger partial charge in [0.05, 0.1) is 17.5 Å². The minimum Gasteiger partial charge on any atom is -0.507 e. The number of allylic oxidation sites excluding steroid dienone is 1. The van der Waals surface area contributed by atoms with E-state index < -0.39 is 5.91 Å². The molecule has 1 aromatic carbocycles. The van der Waals surface area contributed by atoms with E-state index in [1.54, 1.807) is 37.5 Å². The highest BCUT2D eigenvalue weighted by molar-refractivity contribution is 6.31. The van der Waals surface area contributed by atoms with Crippen LogP contribution in [0.3, 0.4) is 0 Å². The summed E-state index contributed by atoms with van der Waals surface area (Å²) in [7, 11) is 0. The van der Waals surface area contributed by atoms with Gasteiger partial charge in [0.1, 0.15) is 11.5 Å². The first-order chi connectivity index (χ1) is 10.1. The standard InChI is InChI=1S/C15H13ClN2O3/c1-10(4-6-12-3-2-8-21-12)17-18-15(20)13-9-11(16)5-7-14(13)19/h2-9,19H,1H3,(H,18,20)/b6-4+,17-10+. The molecule has 0 spiro atoms. The molecule has 0 saturated carbocycles. The highest BCUT2D eigenvalue weighted by Gasteiger charge is 2.10. The molecule has 2 rings (SSSR count). The fourth-order valence-corrected chi connectivity index (χ4v) is 1.69.